The van der Waals surface area contributed by atoms with Crippen LogP contribution in [0.1, 0.15) is 16.8 Å². The summed E-state index contributed by atoms with van der Waals surface area (Å²) in [6.45, 7) is 2.32. The summed E-state index contributed by atoms with van der Waals surface area (Å²) in [6.07, 6.45) is 1.80. The Morgan fingerprint density at radius 1 is 1.00 bits per heavy atom. The van der Waals surface area contributed by atoms with Gasteiger partial charge in [0.05, 0.1) is 12.2 Å². The van der Waals surface area contributed by atoms with Crippen LogP contribution in [-0.2, 0) is 19.6 Å². The molecule has 0 aliphatic heterocycles. The maximum atomic E-state index is 4.30. The third kappa shape index (κ3) is 5.71. The van der Waals surface area contributed by atoms with Gasteiger partial charge in [-0.15, -0.1) is 0 Å². The van der Waals surface area contributed by atoms with Crippen molar-refractivity contribution < 1.29 is 0 Å². The second-order valence-corrected chi connectivity index (χ2v) is 5.61. The summed E-state index contributed by atoms with van der Waals surface area (Å²) in [4.78, 5) is 10.7. The van der Waals surface area contributed by atoms with E-state index in [1.807, 2.05) is 18.2 Å². The van der Waals surface area contributed by atoms with Gasteiger partial charge in [0.25, 0.3) is 0 Å². The molecule has 0 amide bonds. The number of aromatic nitrogens is 1. The molecule has 0 radical (unpaired) electrons. The number of hydrogen-bond donors (Lipinski definition) is 2. The summed E-state index contributed by atoms with van der Waals surface area (Å²) in [5.74, 6) is 0.773. The fourth-order valence-corrected chi connectivity index (χ4v) is 2.30. The van der Waals surface area contributed by atoms with Crippen LogP contribution < -0.4 is 10.6 Å². The molecule has 0 aliphatic carbocycles. The van der Waals surface area contributed by atoms with E-state index >= 15 is 0 Å². The lowest BCUT2D eigenvalue weighted by Crippen LogP contribution is -2.36. The quantitative estimate of drug-likeness (QED) is 0.633. The van der Waals surface area contributed by atoms with Crippen molar-refractivity contribution in [2.24, 2.45) is 4.99 Å². The molecule has 5 heteroatoms. The Balaban J connectivity index is 1.91. The van der Waals surface area contributed by atoms with Gasteiger partial charge in [-0.1, -0.05) is 30.3 Å². The Morgan fingerprint density at radius 3 is 2.35 bits per heavy atom. The van der Waals surface area contributed by atoms with E-state index in [9.17, 15) is 0 Å². The molecular weight excluding hydrogens is 286 g/mol. The third-order valence-electron chi connectivity index (χ3n) is 3.44. The third-order valence-corrected chi connectivity index (χ3v) is 3.44. The zero-order chi connectivity index (χ0) is 16.5. The second kappa shape index (κ2) is 8.90. The average molecular weight is 311 g/mol. The zero-order valence-corrected chi connectivity index (χ0v) is 14.1. The first-order valence-corrected chi connectivity index (χ1v) is 7.75. The molecule has 0 unspecified atom stereocenters. The molecule has 1 aromatic carbocycles. The first-order chi connectivity index (χ1) is 11.2. The van der Waals surface area contributed by atoms with Crippen molar-refractivity contribution in [3.8, 4) is 0 Å². The highest BCUT2D eigenvalue weighted by Crippen LogP contribution is 2.10. The predicted molar refractivity (Wildman–Crippen MR) is 95.1 cm³/mol. The van der Waals surface area contributed by atoms with Gasteiger partial charge in [0, 0.05) is 26.3 Å². The van der Waals surface area contributed by atoms with Crippen LogP contribution in [0, 0.1) is 0 Å². The van der Waals surface area contributed by atoms with Gasteiger partial charge in [0.15, 0.2) is 5.96 Å². The Hall–Kier alpha value is -2.40. The topological polar surface area (TPSA) is 52.6 Å². The number of benzene rings is 1. The lowest BCUT2D eigenvalue weighted by atomic mass is 10.1. The fraction of sp³-hybridized carbons (Fsp3) is 0.333. The second-order valence-electron chi connectivity index (χ2n) is 5.61. The molecule has 122 valence electrons. The number of hydrogen-bond acceptors (Lipinski definition) is 3. The van der Waals surface area contributed by atoms with E-state index in [0.29, 0.717) is 6.54 Å². The van der Waals surface area contributed by atoms with E-state index in [-0.39, 0.29) is 0 Å². The van der Waals surface area contributed by atoms with Gasteiger partial charge >= 0.3 is 0 Å². The molecule has 2 aromatic rings. The molecule has 1 aromatic heterocycles. The van der Waals surface area contributed by atoms with Crippen LogP contribution in [0.5, 0.6) is 0 Å². The van der Waals surface area contributed by atoms with E-state index in [1.165, 1.54) is 11.1 Å². The van der Waals surface area contributed by atoms with Gasteiger partial charge in [0.1, 0.15) is 0 Å². The van der Waals surface area contributed by atoms with Crippen molar-refractivity contribution in [1.82, 2.24) is 20.5 Å². The molecule has 2 rings (SSSR count). The van der Waals surface area contributed by atoms with Gasteiger partial charge in [-0.3, -0.25) is 9.98 Å². The molecule has 0 saturated carbocycles. The maximum Gasteiger partial charge on any atom is 0.191 e. The van der Waals surface area contributed by atoms with Gasteiger partial charge < -0.3 is 15.5 Å². The fourth-order valence-electron chi connectivity index (χ4n) is 2.30. The van der Waals surface area contributed by atoms with E-state index in [0.717, 1.165) is 24.7 Å². The summed E-state index contributed by atoms with van der Waals surface area (Å²) in [5, 5.41) is 6.64. The number of rotatable bonds is 6. The van der Waals surface area contributed by atoms with Crippen LogP contribution in [0.4, 0.5) is 0 Å². The highest BCUT2D eigenvalue weighted by Gasteiger charge is 2.04. The van der Waals surface area contributed by atoms with Crippen molar-refractivity contribution in [3.63, 3.8) is 0 Å². The molecule has 5 nitrogen and oxygen atoms in total. The van der Waals surface area contributed by atoms with Crippen molar-refractivity contribution in [2.45, 2.75) is 19.6 Å². The monoisotopic (exact) mass is 311 g/mol. The molecule has 23 heavy (non-hydrogen) atoms. The van der Waals surface area contributed by atoms with Gasteiger partial charge in [0.2, 0.25) is 0 Å². The van der Waals surface area contributed by atoms with E-state index in [4.69, 9.17) is 0 Å². The van der Waals surface area contributed by atoms with E-state index in [2.05, 4.69) is 63.9 Å². The van der Waals surface area contributed by atoms with Crippen LogP contribution >= 0.6 is 0 Å². The Labute approximate surface area is 138 Å². The van der Waals surface area contributed by atoms with E-state index < -0.39 is 0 Å². The van der Waals surface area contributed by atoms with Crippen LogP contribution in [0.3, 0.4) is 0 Å². The normalized spacial score (nSPS) is 11.6. The lowest BCUT2D eigenvalue weighted by molar-refractivity contribution is 0.400. The minimum Gasteiger partial charge on any atom is -0.352 e. The van der Waals surface area contributed by atoms with Gasteiger partial charge in [-0.25, -0.2) is 0 Å². The smallest absolute Gasteiger partial charge is 0.191 e. The molecule has 0 bridgehead atoms. The molecular formula is C18H25N5. The van der Waals surface area contributed by atoms with E-state index in [1.54, 1.807) is 13.2 Å². The number of guanidine groups is 1. The molecule has 0 aliphatic rings. The highest BCUT2D eigenvalue weighted by atomic mass is 15.2. The Bertz CT molecular complexity index is 622. The number of nitrogens with zero attached hydrogens (tertiary/aromatic N) is 3. The Morgan fingerprint density at radius 2 is 1.70 bits per heavy atom. The number of nitrogens with one attached hydrogen (secondary N) is 2. The Kier molecular flexibility index (Phi) is 6.56. The molecule has 0 atom stereocenters. The average Bonchev–Trinajstić information content (AvgIpc) is 2.57. The number of aliphatic imine (C=N–C) groups is 1. The standard InChI is InChI=1S/C18H25N5/c1-19-18(22-13-17-10-6-7-11-20-17)21-12-15-8-4-5-9-16(15)14-23(2)3/h4-11H,12-14H2,1-3H3,(H2,19,21,22). The first kappa shape index (κ1) is 17.0. The number of pyridine rings is 1. The summed E-state index contributed by atoms with van der Waals surface area (Å²) < 4.78 is 0. The van der Waals surface area contributed by atoms with Crippen LogP contribution in [0.25, 0.3) is 0 Å². The van der Waals surface area contributed by atoms with Crippen molar-refractivity contribution in [3.05, 3.63) is 65.5 Å². The van der Waals surface area contributed by atoms with Crippen LogP contribution in [0.2, 0.25) is 0 Å². The van der Waals surface area contributed by atoms with Crippen molar-refractivity contribution in [2.75, 3.05) is 21.1 Å². The zero-order valence-electron chi connectivity index (χ0n) is 14.1. The summed E-state index contributed by atoms with van der Waals surface area (Å²) in [5.41, 5.74) is 3.59. The molecule has 0 fully saturated rings. The maximum absolute atomic E-state index is 4.30. The first-order valence-electron chi connectivity index (χ1n) is 7.75. The summed E-state index contributed by atoms with van der Waals surface area (Å²) in [6, 6.07) is 14.4. The summed E-state index contributed by atoms with van der Waals surface area (Å²) in [7, 11) is 5.94. The van der Waals surface area contributed by atoms with Gasteiger partial charge in [-0.2, -0.15) is 0 Å². The predicted octanol–water partition coefficient (Wildman–Crippen LogP) is 2.01. The van der Waals surface area contributed by atoms with Gasteiger partial charge in [-0.05, 0) is 37.4 Å². The molecule has 0 spiro atoms. The minimum atomic E-state index is 0.653. The van der Waals surface area contributed by atoms with Crippen LogP contribution in [0.15, 0.2) is 53.7 Å². The molecule has 1 heterocycles. The molecule has 0 saturated heterocycles. The van der Waals surface area contributed by atoms with Crippen molar-refractivity contribution in [1.29, 1.82) is 0 Å². The highest BCUT2D eigenvalue weighted by molar-refractivity contribution is 5.79. The lowest BCUT2D eigenvalue weighted by Gasteiger charge is -2.16. The largest absolute Gasteiger partial charge is 0.352 e. The van der Waals surface area contributed by atoms with Crippen LogP contribution in [-0.4, -0.2) is 37.0 Å². The molecule has 2 N–H and O–H groups in total. The van der Waals surface area contributed by atoms with Crippen molar-refractivity contribution >= 4 is 5.96 Å². The SMILES string of the molecule is CN=C(NCc1ccccn1)NCc1ccccc1CN(C)C. The summed E-state index contributed by atoms with van der Waals surface area (Å²) >= 11 is 0. The minimum absolute atomic E-state index is 0.653.